The number of hydrogen-bond acceptors (Lipinski definition) is 5. The third-order valence-corrected chi connectivity index (χ3v) is 5.41. The van der Waals surface area contributed by atoms with E-state index in [0.29, 0.717) is 16.4 Å². The number of aromatic nitrogens is 1. The number of benzene rings is 1. The third-order valence-electron chi connectivity index (χ3n) is 3.42. The smallest absolute Gasteiger partial charge is 0.238 e. The number of halogens is 1. The fourth-order valence-corrected chi connectivity index (χ4v) is 3.72. The van der Waals surface area contributed by atoms with E-state index in [1.54, 1.807) is 29.3 Å². The predicted octanol–water partition coefficient (Wildman–Crippen LogP) is 4.82. The number of nitrogens with one attached hydrogen (secondary N) is 1. The third kappa shape index (κ3) is 4.95. The Morgan fingerprint density at radius 1 is 1.50 bits per heavy atom. The van der Waals surface area contributed by atoms with Gasteiger partial charge < -0.3 is 10.1 Å². The van der Waals surface area contributed by atoms with Crippen LogP contribution < -0.4 is 10.1 Å². The zero-order valence-corrected chi connectivity index (χ0v) is 15.6. The number of nitrogens with zero attached hydrogens (tertiary/aromatic N) is 1. The first-order valence-corrected chi connectivity index (χ1v) is 9.70. The molecule has 1 atom stereocenters. The Kier molecular flexibility index (Phi) is 7.05. The number of carbonyl (C=O) groups excluding carboxylic acids is 1. The molecule has 1 aromatic carbocycles. The quantitative estimate of drug-likeness (QED) is 0.679. The van der Waals surface area contributed by atoms with Crippen LogP contribution in [0.25, 0.3) is 11.3 Å². The number of thiazole rings is 1. The van der Waals surface area contributed by atoms with Crippen LogP contribution in [0.2, 0.25) is 0 Å². The number of hydrogen-bond donors (Lipinski definition) is 1. The zero-order valence-electron chi connectivity index (χ0n) is 14.0. The summed E-state index contributed by atoms with van der Waals surface area (Å²) < 4.78 is 18.7. The van der Waals surface area contributed by atoms with Crippen LogP contribution in [0.15, 0.2) is 23.6 Å². The van der Waals surface area contributed by atoms with E-state index >= 15 is 0 Å². The van der Waals surface area contributed by atoms with Crippen molar-refractivity contribution in [3.63, 3.8) is 0 Å². The van der Waals surface area contributed by atoms with E-state index in [1.807, 2.05) is 6.92 Å². The number of methoxy groups -OCH3 is 1. The van der Waals surface area contributed by atoms with E-state index in [0.717, 1.165) is 18.6 Å². The number of carbonyl (C=O) groups is 1. The molecule has 0 saturated carbocycles. The fourth-order valence-electron chi connectivity index (χ4n) is 1.98. The van der Waals surface area contributed by atoms with Gasteiger partial charge in [0.25, 0.3) is 0 Å². The molecule has 1 heterocycles. The molecule has 0 aliphatic heterocycles. The molecule has 0 aliphatic carbocycles. The van der Waals surface area contributed by atoms with Gasteiger partial charge in [0.2, 0.25) is 5.91 Å². The van der Waals surface area contributed by atoms with Crippen molar-refractivity contribution in [2.45, 2.75) is 31.9 Å². The molecule has 2 rings (SSSR count). The Hall–Kier alpha value is -1.60. The van der Waals surface area contributed by atoms with Gasteiger partial charge in [-0.05, 0) is 37.3 Å². The lowest BCUT2D eigenvalue weighted by Gasteiger charge is -2.09. The van der Waals surface area contributed by atoms with E-state index in [4.69, 9.17) is 4.74 Å². The first kappa shape index (κ1) is 18.7. The summed E-state index contributed by atoms with van der Waals surface area (Å²) >= 11 is 2.97. The van der Waals surface area contributed by atoms with Crippen LogP contribution in [-0.2, 0) is 4.79 Å². The van der Waals surface area contributed by atoms with E-state index in [1.165, 1.54) is 24.5 Å². The number of anilines is 1. The van der Waals surface area contributed by atoms with Crippen molar-refractivity contribution in [2.24, 2.45) is 0 Å². The second-order valence-electron chi connectivity index (χ2n) is 5.24. The molecular weight excluding hydrogens is 347 g/mol. The Labute approximate surface area is 149 Å². The van der Waals surface area contributed by atoms with Crippen molar-refractivity contribution >= 4 is 34.1 Å². The molecule has 0 radical (unpaired) electrons. The molecule has 1 aromatic heterocycles. The molecule has 2 aromatic rings. The van der Waals surface area contributed by atoms with E-state index in [9.17, 15) is 9.18 Å². The largest absolute Gasteiger partial charge is 0.494 e. The van der Waals surface area contributed by atoms with Gasteiger partial charge in [-0.2, -0.15) is 0 Å². The summed E-state index contributed by atoms with van der Waals surface area (Å²) in [5, 5.41) is 5.02. The van der Waals surface area contributed by atoms with Gasteiger partial charge in [-0.15, -0.1) is 23.1 Å². The monoisotopic (exact) mass is 368 g/mol. The van der Waals surface area contributed by atoms with Crippen molar-refractivity contribution in [1.82, 2.24) is 4.98 Å². The van der Waals surface area contributed by atoms with Gasteiger partial charge in [0.05, 0.1) is 18.1 Å². The van der Waals surface area contributed by atoms with Crippen LogP contribution >= 0.6 is 23.1 Å². The van der Waals surface area contributed by atoms with Gasteiger partial charge in [-0.1, -0.05) is 13.3 Å². The minimum atomic E-state index is -0.436. The molecule has 0 fully saturated rings. The van der Waals surface area contributed by atoms with Crippen molar-refractivity contribution < 1.29 is 13.9 Å². The lowest BCUT2D eigenvalue weighted by Crippen LogP contribution is -2.22. The molecule has 1 N–H and O–H groups in total. The fraction of sp³-hybridized carbons (Fsp3) is 0.412. The minimum Gasteiger partial charge on any atom is -0.494 e. The first-order valence-electron chi connectivity index (χ1n) is 7.77. The summed E-state index contributed by atoms with van der Waals surface area (Å²) in [6, 6.07) is 4.68. The maximum Gasteiger partial charge on any atom is 0.238 e. The number of amides is 1. The number of unbranched alkanes of at least 4 members (excludes halogenated alkanes) is 1. The van der Waals surface area contributed by atoms with Crippen LogP contribution in [-0.4, -0.2) is 29.0 Å². The van der Waals surface area contributed by atoms with Gasteiger partial charge in [0.1, 0.15) is 0 Å². The second kappa shape index (κ2) is 9.03. The molecule has 0 aliphatic rings. The van der Waals surface area contributed by atoms with E-state index < -0.39 is 5.82 Å². The summed E-state index contributed by atoms with van der Waals surface area (Å²) in [7, 11) is 1.42. The molecule has 1 unspecified atom stereocenters. The standard InChI is InChI=1S/C17H21FN2O2S2/c1-4-5-8-23-11(2)16(21)20-17-19-14(10-24-17)12-6-7-15(22-3)13(18)9-12/h6-7,9-11H,4-5,8H2,1-3H3,(H,19,20,21). The zero-order chi connectivity index (χ0) is 17.5. The molecule has 130 valence electrons. The topological polar surface area (TPSA) is 51.2 Å². The normalized spacial score (nSPS) is 12.0. The summed E-state index contributed by atoms with van der Waals surface area (Å²) in [4.78, 5) is 16.5. The predicted molar refractivity (Wildman–Crippen MR) is 99.5 cm³/mol. The summed E-state index contributed by atoms with van der Waals surface area (Å²) in [5.74, 6) is 0.673. The Morgan fingerprint density at radius 3 is 2.96 bits per heavy atom. The van der Waals surface area contributed by atoms with E-state index in [2.05, 4.69) is 17.2 Å². The van der Waals surface area contributed by atoms with Gasteiger partial charge in [-0.25, -0.2) is 9.37 Å². The van der Waals surface area contributed by atoms with Crippen molar-refractivity contribution in [3.8, 4) is 17.0 Å². The maximum absolute atomic E-state index is 13.8. The van der Waals surface area contributed by atoms with Crippen molar-refractivity contribution in [2.75, 3.05) is 18.2 Å². The molecule has 24 heavy (non-hydrogen) atoms. The van der Waals surface area contributed by atoms with Crippen LogP contribution in [0.1, 0.15) is 26.7 Å². The van der Waals surface area contributed by atoms with Crippen LogP contribution in [0, 0.1) is 5.82 Å². The number of thioether (sulfide) groups is 1. The van der Waals surface area contributed by atoms with Gasteiger partial charge in [0, 0.05) is 10.9 Å². The molecular formula is C17H21FN2O2S2. The van der Waals surface area contributed by atoms with Crippen molar-refractivity contribution in [3.05, 3.63) is 29.4 Å². The van der Waals surface area contributed by atoms with Crippen LogP contribution in [0.3, 0.4) is 0 Å². The summed E-state index contributed by atoms with van der Waals surface area (Å²) in [6.07, 6.45) is 2.22. The maximum atomic E-state index is 13.8. The van der Waals surface area contributed by atoms with Gasteiger partial charge >= 0.3 is 0 Å². The SMILES string of the molecule is CCCCSC(C)C(=O)Nc1nc(-c2ccc(OC)c(F)c2)cs1. The lowest BCUT2D eigenvalue weighted by molar-refractivity contribution is -0.115. The van der Waals surface area contributed by atoms with Crippen LogP contribution in [0.5, 0.6) is 5.75 Å². The molecule has 7 heteroatoms. The van der Waals surface area contributed by atoms with Gasteiger partial charge in [-0.3, -0.25) is 4.79 Å². The minimum absolute atomic E-state index is 0.0575. The highest BCUT2D eigenvalue weighted by Crippen LogP contribution is 2.28. The molecule has 0 bridgehead atoms. The Balaban J connectivity index is 2.00. The van der Waals surface area contributed by atoms with E-state index in [-0.39, 0.29) is 16.9 Å². The number of rotatable bonds is 8. The number of ether oxygens (including phenoxy) is 1. The summed E-state index contributed by atoms with van der Waals surface area (Å²) in [5.41, 5.74) is 1.28. The Bertz CT molecular complexity index is 691. The average molecular weight is 368 g/mol. The molecule has 4 nitrogen and oxygen atoms in total. The molecule has 1 amide bonds. The Morgan fingerprint density at radius 2 is 2.29 bits per heavy atom. The highest BCUT2D eigenvalue weighted by Gasteiger charge is 2.15. The average Bonchev–Trinajstić information content (AvgIpc) is 3.03. The van der Waals surface area contributed by atoms with Gasteiger partial charge in [0.15, 0.2) is 16.7 Å². The lowest BCUT2D eigenvalue weighted by atomic mass is 10.1. The summed E-state index contributed by atoms with van der Waals surface area (Å²) in [6.45, 7) is 4.02. The first-order chi connectivity index (χ1) is 11.5. The molecule has 0 saturated heterocycles. The van der Waals surface area contributed by atoms with Crippen molar-refractivity contribution in [1.29, 1.82) is 0 Å². The second-order valence-corrected chi connectivity index (χ2v) is 7.55. The van der Waals surface area contributed by atoms with Crippen LogP contribution in [0.4, 0.5) is 9.52 Å². The molecule has 0 spiro atoms. The highest BCUT2D eigenvalue weighted by molar-refractivity contribution is 8.00. The highest BCUT2D eigenvalue weighted by atomic mass is 32.2.